The largest absolute Gasteiger partial charge is 0.492 e. The number of morpholine rings is 1. The van der Waals surface area contributed by atoms with E-state index in [4.69, 9.17) is 9.47 Å². The molecular weight excluding hydrogens is 460 g/mol. The van der Waals surface area contributed by atoms with Crippen molar-refractivity contribution in [1.82, 2.24) is 4.31 Å². The van der Waals surface area contributed by atoms with Crippen LogP contribution in [-0.2, 0) is 14.8 Å². The zero-order chi connectivity index (χ0) is 20.9. The van der Waals surface area contributed by atoms with Gasteiger partial charge in [0.1, 0.15) is 5.75 Å². The third kappa shape index (κ3) is 5.36. The second-order valence-corrected chi connectivity index (χ2v) is 9.28. The monoisotopic (exact) mass is 482 g/mol. The average Bonchev–Trinajstić information content (AvgIpc) is 2.74. The molecule has 1 N–H and O–H groups in total. The second-order valence-electron chi connectivity index (χ2n) is 6.49. The lowest BCUT2D eigenvalue weighted by atomic mass is 10.2. The number of hydrogen-bond donors (Lipinski definition) is 1. The second kappa shape index (κ2) is 9.71. The summed E-state index contributed by atoms with van der Waals surface area (Å²) in [6.45, 7) is 4.09. The van der Waals surface area contributed by atoms with Crippen molar-refractivity contribution in [3.8, 4) is 5.75 Å². The zero-order valence-electron chi connectivity index (χ0n) is 16.1. The molecule has 29 heavy (non-hydrogen) atoms. The van der Waals surface area contributed by atoms with Gasteiger partial charge in [-0.2, -0.15) is 4.31 Å². The van der Waals surface area contributed by atoms with E-state index in [0.717, 1.165) is 6.42 Å². The molecule has 1 saturated heterocycles. The van der Waals surface area contributed by atoms with Crippen molar-refractivity contribution < 1.29 is 22.7 Å². The van der Waals surface area contributed by atoms with Crippen molar-refractivity contribution in [2.24, 2.45) is 0 Å². The van der Waals surface area contributed by atoms with Gasteiger partial charge >= 0.3 is 0 Å². The van der Waals surface area contributed by atoms with Crippen molar-refractivity contribution in [1.29, 1.82) is 0 Å². The average molecular weight is 483 g/mol. The number of carbonyl (C=O) groups is 1. The number of rotatable bonds is 7. The molecule has 0 aliphatic carbocycles. The summed E-state index contributed by atoms with van der Waals surface area (Å²) in [5.74, 6) is 0.387. The Balaban J connectivity index is 1.68. The number of benzene rings is 2. The Bertz CT molecular complexity index is 957. The number of anilines is 1. The summed E-state index contributed by atoms with van der Waals surface area (Å²) in [4.78, 5) is 12.7. The highest BCUT2D eigenvalue weighted by atomic mass is 79.9. The maximum atomic E-state index is 12.7. The van der Waals surface area contributed by atoms with Gasteiger partial charge in [-0.25, -0.2) is 8.42 Å². The fourth-order valence-electron chi connectivity index (χ4n) is 2.82. The van der Waals surface area contributed by atoms with Crippen LogP contribution in [0.25, 0.3) is 0 Å². The van der Waals surface area contributed by atoms with Crippen LogP contribution in [0.2, 0.25) is 0 Å². The van der Waals surface area contributed by atoms with Crippen LogP contribution in [0.4, 0.5) is 5.69 Å². The van der Waals surface area contributed by atoms with E-state index in [0.29, 0.717) is 54.4 Å². The molecule has 156 valence electrons. The maximum absolute atomic E-state index is 12.7. The molecule has 0 atom stereocenters. The molecular formula is C20H23BrN2O5S. The maximum Gasteiger partial charge on any atom is 0.255 e. The first-order chi connectivity index (χ1) is 13.9. The predicted molar refractivity (Wildman–Crippen MR) is 114 cm³/mol. The van der Waals surface area contributed by atoms with E-state index in [2.05, 4.69) is 21.2 Å². The van der Waals surface area contributed by atoms with Crippen LogP contribution in [0, 0.1) is 0 Å². The van der Waals surface area contributed by atoms with Gasteiger partial charge in [-0.1, -0.05) is 6.92 Å². The summed E-state index contributed by atoms with van der Waals surface area (Å²) >= 11 is 3.41. The summed E-state index contributed by atoms with van der Waals surface area (Å²) in [6.07, 6.45) is 0.895. The summed E-state index contributed by atoms with van der Waals surface area (Å²) in [5.41, 5.74) is 0.976. The Morgan fingerprint density at radius 2 is 1.86 bits per heavy atom. The molecule has 0 bridgehead atoms. The van der Waals surface area contributed by atoms with Crippen molar-refractivity contribution in [2.45, 2.75) is 18.2 Å². The van der Waals surface area contributed by atoms with E-state index in [-0.39, 0.29) is 10.8 Å². The highest BCUT2D eigenvalue weighted by molar-refractivity contribution is 9.10. The number of ether oxygens (including phenoxy) is 2. The Morgan fingerprint density at radius 3 is 2.48 bits per heavy atom. The van der Waals surface area contributed by atoms with Gasteiger partial charge in [0, 0.05) is 24.3 Å². The normalized spacial score (nSPS) is 15.1. The Kier molecular flexibility index (Phi) is 7.28. The molecule has 0 radical (unpaired) electrons. The van der Waals surface area contributed by atoms with Crippen LogP contribution in [0.3, 0.4) is 0 Å². The highest BCUT2D eigenvalue weighted by Crippen LogP contribution is 2.27. The molecule has 2 aromatic carbocycles. The smallest absolute Gasteiger partial charge is 0.255 e. The van der Waals surface area contributed by atoms with Gasteiger partial charge in [-0.3, -0.25) is 4.79 Å². The fraction of sp³-hybridized carbons (Fsp3) is 0.350. The standard InChI is InChI=1S/C20H23BrN2O5S/c1-2-11-28-19-8-3-15(14-18(19)21)20(24)22-16-4-6-17(7-5-16)29(25,26)23-9-12-27-13-10-23/h3-8,14H,2,9-13H2,1H3,(H,22,24). The summed E-state index contributed by atoms with van der Waals surface area (Å²) in [6, 6.07) is 11.3. The number of nitrogens with zero attached hydrogens (tertiary/aromatic N) is 1. The first kappa shape index (κ1) is 21.8. The number of hydrogen-bond acceptors (Lipinski definition) is 5. The number of halogens is 1. The first-order valence-corrected chi connectivity index (χ1v) is 11.6. The number of amides is 1. The SMILES string of the molecule is CCCOc1ccc(C(=O)Nc2ccc(S(=O)(=O)N3CCOCC3)cc2)cc1Br. The van der Waals surface area contributed by atoms with Gasteiger partial charge < -0.3 is 14.8 Å². The van der Waals surface area contributed by atoms with E-state index >= 15 is 0 Å². The molecule has 0 saturated carbocycles. The van der Waals surface area contributed by atoms with Crippen LogP contribution in [-0.4, -0.2) is 51.5 Å². The Hall–Kier alpha value is -1.94. The molecule has 1 fully saturated rings. The minimum absolute atomic E-state index is 0.192. The lowest BCUT2D eigenvalue weighted by molar-refractivity contribution is 0.0730. The molecule has 0 unspecified atom stereocenters. The summed E-state index contributed by atoms with van der Waals surface area (Å²) in [5, 5.41) is 2.78. The molecule has 1 aliphatic rings. The third-order valence-electron chi connectivity index (χ3n) is 4.38. The minimum Gasteiger partial charge on any atom is -0.492 e. The molecule has 7 nitrogen and oxygen atoms in total. The quantitative estimate of drug-likeness (QED) is 0.652. The lowest BCUT2D eigenvalue weighted by Crippen LogP contribution is -2.40. The molecule has 1 amide bonds. The van der Waals surface area contributed by atoms with E-state index < -0.39 is 10.0 Å². The molecule has 3 rings (SSSR count). The van der Waals surface area contributed by atoms with Gasteiger partial charge in [-0.05, 0) is 64.8 Å². The van der Waals surface area contributed by atoms with Crippen LogP contribution < -0.4 is 10.1 Å². The minimum atomic E-state index is -3.56. The number of carbonyl (C=O) groups excluding carboxylic acids is 1. The highest BCUT2D eigenvalue weighted by Gasteiger charge is 2.26. The van der Waals surface area contributed by atoms with Crippen LogP contribution in [0.5, 0.6) is 5.75 Å². The number of sulfonamides is 1. The fourth-order valence-corrected chi connectivity index (χ4v) is 4.72. The number of nitrogens with one attached hydrogen (secondary N) is 1. The topological polar surface area (TPSA) is 84.9 Å². The Morgan fingerprint density at radius 1 is 1.17 bits per heavy atom. The predicted octanol–water partition coefficient (Wildman–Crippen LogP) is 3.51. The first-order valence-electron chi connectivity index (χ1n) is 9.33. The molecule has 0 spiro atoms. The van der Waals surface area contributed by atoms with Gasteiger partial charge in [-0.15, -0.1) is 0 Å². The summed E-state index contributed by atoms with van der Waals surface area (Å²) in [7, 11) is -3.56. The van der Waals surface area contributed by atoms with E-state index in [9.17, 15) is 13.2 Å². The zero-order valence-corrected chi connectivity index (χ0v) is 18.5. The van der Waals surface area contributed by atoms with Crippen molar-refractivity contribution >= 4 is 37.5 Å². The Labute approximate surface area is 179 Å². The summed E-state index contributed by atoms with van der Waals surface area (Å²) < 4.78 is 38.2. The van der Waals surface area contributed by atoms with E-state index in [1.807, 2.05) is 6.92 Å². The van der Waals surface area contributed by atoms with Crippen LogP contribution >= 0.6 is 15.9 Å². The molecule has 2 aromatic rings. The lowest BCUT2D eigenvalue weighted by Gasteiger charge is -2.26. The van der Waals surface area contributed by atoms with E-state index in [1.165, 1.54) is 16.4 Å². The van der Waals surface area contributed by atoms with Crippen molar-refractivity contribution in [3.63, 3.8) is 0 Å². The molecule has 1 heterocycles. The molecule has 9 heteroatoms. The van der Waals surface area contributed by atoms with Crippen molar-refractivity contribution in [2.75, 3.05) is 38.2 Å². The van der Waals surface area contributed by atoms with Gasteiger partial charge in [0.25, 0.3) is 5.91 Å². The van der Waals surface area contributed by atoms with Gasteiger partial charge in [0.2, 0.25) is 10.0 Å². The van der Waals surface area contributed by atoms with Gasteiger partial charge in [0.15, 0.2) is 0 Å². The third-order valence-corrected chi connectivity index (χ3v) is 6.91. The van der Waals surface area contributed by atoms with Gasteiger partial charge in [0.05, 0.1) is 29.2 Å². The van der Waals surface area contributed by atoms with Crippen LogP contribution in [0.15, 0.2) is 51.8 Å². The van der Waals surface area contributed by atoms with E-state index in [1.54, 1.807) is 30.3 Å². The molecule has 1 aliphatic heterocycles. The molecule has 0 aromatic heterocycles. The van der Waals surface area contributed by atoms with Crippen LogP contribution in [0.1, 0.15) is 23.7 Å². The van der Waals surface area contributed by atoms with Crippen molar-refractivity contribution in [3.05, 3.63) is 52.5 Å².